The summed E-state index contributed by atoms with van der Waals surface area (Å²) in [5.74, 6) is 0. The highest BCUT2D eigenvalue weighted by molar-refractivity contribution is 4.84. The molecule has 0 heterocycles. The Kier molecular flexibility index (Phi) is 5.03. The average molecular weight is 240 g/mol. The summed E-state index contributed by atoms with van der Waals surface area (Å²) in [4.78, 5) is 2.28. The molecule has 17 heavy (non-hydrogen) atoms. The molecule has 0 amide bonds. The van der Waals surface area contributed by atoms with Crippen LogP contribution >= 0.6 is 0 Å². The van der Waals surface area contributed by atoms with E-state index in [4.69, 9.17) is 0 Å². The molecule has 0 bridgehead atoms. The number of rotatable bonds is 5. The molecule has 0 saturated heterocycles. The van der Waals surface area contributed by atoms with E-state index in [2.05, 4.69) is 52.0 Å². The molecule has 2 heteroatoms. The Labute approximate surface area is 108 Å². The van der Waals surface area contributed by atoms with Gasteiger partial charge in [0.25, 0.3) is 0 Å². The largest absolute Gasteiger partial charge is 0.313 e. The Balaban J connectivity index is 2.27. The second kappa shape index (κ2) is 5.71. The summed E-state index contributed by atoms with van der Waals surface area (Å²) in [7, 11) is 4.32. The monoisotopic (exact) mass is 240 g/mol. The van der Waals surface area contributed by atoms with Crippen molar-refractivity contribution in [3.8, 4) is 0 Å². The fourth-order valence-corrected chi connectivity index (χ4v) is 2.94. The summed E-state index contributed by atoms with van der Waals surface area (Å²) in [6.07, 6.45) is 5.45. The Morgan fingerprint density at radius 2 is 1.71 bits per heavy atom. The van der Waals surface area contributed by atoms with Gasteiger partial charge in [0, 0.05) is 19.1 Å². The molecule has 1 saturated carbocycles. The van der Waals surface area contributed by atoms with Gasteiger partial charge in [0.15, 0.2) is 0 Å². The smallest absolute Gasteiger partial charge is 0.00677 e. The molecule has 1 aliphatic rings. The molecule has 1 rings (SSSR count). The number of hydrogen-bond acceptors (Lipinski definition) is 2. The fraction of sp³-hybridized carbons (Fsp3) is 1.00. The summed E-state index contributed by atoms with van der Waals surface area (Å²) in [6.45, 7) is 11.8. The van der Waals surface area contributed by atoms with Crippen molar-refractivity contribution in [1.29, 1.82) is 0 Å². The van der Waals surface area contributed by atoms with Crippen LogP contribution in [0.4, 0.5) is 0 Å². The molecule has 1 N–H and O–H groups in total. The average Bonchev–Trinajstić information content (AvgIpc) is 2.14. The standard InChI is InChI=1S/C15H32N2/c1-14(2)9-7-13(8-10-14)16-11-15(3,4)12-17(5)6/h13,16H,7-12H2,1-6H3. The first kappa shape index (κ1) is 15.0. The van der Waals surface area contributed by atoms with Crippen LogP contribution in [0.25, 0.3) is 0 Å². The van der Waals surface area contributed by atoms with Crippen LogP contribution in [0.2, 0.25) is 0 Å². The molecule has 1 fully saturated rings. The summed E-state index contributed by atoms with van der Waals surface area (Å²) in [5.41, 5.74) is 0.952. The van der Waals surface area contributed by atoms with Gasteiger partial charge < -0.3 is 10.2 Å². The lowest BCUT2D eigenvalue weighted by Gasteiger charge is -2.37. The van der Waals surface area contributed by atoms with Crippen molar-refractivity contribution in [1.82, 2.24) is 10.2 Å². The first-order chi connectivity index (χ1) is 7.70. The fourth-order valence-electron chi connectivity index (χ4n) is 2.94. The van der Waals surface area contributed by atoms with Gasteiger partial charge in [0.2, 0.25) is 0 Å². The van der Waals surface area contributed by atoms with E-state index < -0.39 is 0 Å². The van der Waals surface area contributed by atoms with E-state index in [1.807, 2.05) is 0 Å². The molecule has 0 aliphatic heterocycles. The van der Waals surface area contributed by atoms with Crippen LogP contribution in [-0.4, -0.2) is 38.1 Å². The van der Waals surface area contributed by atoms with Gasteiger partial charge in [0.1, 0.15) is 0 Å². The molecule has 1 aliphatic carbocycles. The number of nitrogens with zero attached hydrogens (tertiary/aromatic N) is 1. The molecule has 0 aromatic carbocycles. The van der Waals surface area contributed by atoms with E-state index in [9.17, 15) is 0 Å². The zero-order chi connectivity index (χ0) is 13.1. The zero-order valence-corrected chi connectivity index (χ0v) is 12.8. The van der Waals surface area contributed by atoms with Gasteiger partial charge in [-0.25, -0.2) is 0 Å². The van der Waals surface area contributed by atoms with Crippen LogP contribution in [0, 0.1) is 10.8 Å². The number of nitrogens with one attached hydrogen (secondary N) is 1. The summed E-state index contributed by atoms with van der Waals surface area (Å²) in [6, 6.07) is 0.754. The minimum absolute atomic E-state index is 0.371. The Bertz CT molecular complexity index is 221. The third-order valence-corrected chi connectivity index (χ3v) is 3.95. The van der Waals surface area contributed by atoms with Crippen LogP contribution in [0.3, 0.4) is 0 Å². The predicted molar refractivity (Wildman–Crippen MR) is 76.4 cm³/mol. The number of hydrogen-bond donors (Lipinski definition) is 1. The maximum absolute atomic E-state index is 3.78. The van der Waals surface area contributed by atoms with Crippen LogP contribution in [0.5, 0.6) is 0 Å². The van der Waals surface area contributed by atoms with Crippen molar-refractivity contribution in [2.45, 2.75) is 59.4 Å². The summed E-state index contributed by atoms with van der Waals surface area (Å²) < 4.78 is 0. The topological polar surface area (TPSA) is 15.3 Å². The highest BCUT2D eigenvalue weighted by atomic mass is 15.1. The molecule has 2 nitrogen and oxygen atoms in total. The first-order valence-corrected chi connectivity index (χ1v) is 7.08. The minimum atomic E-state index is 0.371. The molecule has 102 valence electrons. The zero-order valence-electron chi connectivity index (χ0n) is 12.8. The maximum atomic E-state index is 3.78. The quantitative estimate of drug-likeness (QED) is 0.794. The second-order valence-electron chi connectivity index (χ2n) is 7.72. The molecular weight excluding hydrogens is 208 g/mol. The maximum Gasteiger partial charge on any atom is 0.00677 e. The predicted octanol–water partition coefficient (Wildman–Crippen LogP) is 3.13. The molecule has 0 aromatic heterocycles. The van der Waals surface area contributed by atoms with E-state index in [1.165, 1.54) is 25.7 Å². The molecule has 0 atom stereocenters. The Morgan fingerprint density at radius 3 is 2.18 bits per heavy atom. The normalized spacial score (nSPS) is 22.1. The highest BCUT2D eigenvalue weighted by Crippen LogP contribution is 2.35. The first-order valence-electron chi connectivity index (χ1n) is 7.08. The van der Waals surface area contributed by atoms with Crippen molar-refractivity contribution in [2.24, 2.45) is 10.8 Å². The Hall–Kier alpha value is -0.0800. The van der Waals surface area contributed by atoms with E-state index in [-0.39, 0.29) is 0 Å². The highest BCUT2D eigenvalue weighted by Gasteiger charge is 2.28. The van der Waals surface area contributed by atoms with E-state index in [0.717, 1.165) is 19.1 Å². The second-order valence-corrected chi connectivity index (χ2v) is 7.72. The van der Waals surface area contributed by atoms with Gasteiger partial charge in [-0.05, 0) is 50.6 Å². The van der Waals surface area contributed by atoms with Gasteiger partial charge in [-0.15, -0.1) is 0 Å². The van der Waals surface area contributed by atoms with Gasteiger partial charge >= 0.3 is 0 Å². The van der Waals surface area contributed by atoms with Crippen LogP contribution in [-0.2, 0) is 0 Å². The van der Waals surface area contributed by atoms with Crippen molar-refractivity contribution in [3.63, 3.8) is 0 Å². The van der Waals surface area contributed by atoms with Crippen molar-refractivity contribution in [3.05, 3.63) is 0 Å². The molecule has 0 radical (unpaired) electrons. The van der Waals surface area contributed by atoms with E-state index in [0.29, 0.717) is 10.8 Å². The molecule has 0 aromatic rings. The SMILES string of the molecule is CN(C)CC(C)(C)CNC1CCC(C)(C)CC1. The lowest BCUT2D eigenvalue weighted by atomic mass is 9.75. The van der Waals surface area contributed by atoms with Gasteiger partial charge in [-0.1, -0.05) is 27.7 Å². The molecular formula is C15H32N2. The third-order valence-electron chi connectivity index (χ3n) is 3.95. The van der Waals surface area contributed by atoms with Crippen molar-refractivity contribution >= 4 is 0 Å². The van der Waals surface area contributed by atoms with E-state index >= 15 is 0 Å². The van der Waals surface area contributed by atoms with Gasteiger partial charge in [-0.2, -0.15) is 0 Å². The minimum Gasteiger partial charge on any atom is -0.313 e. The lowest BCUT2D eigenvalue weighted by molar-refractivity contribution is 0.180. The lowest BCUT2D eigenvalue weighted by Crippen LogP contribution is -2.43. The van der Waals surface area contributed by atoms with Crippen LogP contribution in [0.1, 0.15) is 53.4 Å². The Morgan fingerprint density at radius 1 is 1.18 bits per heavy atom. The summed E-state index contributed by atoms with van der Waals surface area (Å²) in [5, 5.41) is 3.78. The van der Waals surface area contributed by atoms with Crippen LogP contribution in [0.15, 0.2) is 0 Å². The van der Waals surface area contributed by atoms with E-state index in [1.54, 1.807) is 0 Å². The van der Waals surface area contributed by atoms with Gasteiger partial charge in [0.05, 0.1) is 0 Å². The van der Waals surface area contributed by atoms with Crippen LogP contribution < -0.4 is 5.32 Å². The molecule has 0 spiro atoms. The van der Waals surface area contributed by atoms with Gasteiger partial charge in [-0.3, -0.25) is 0 Å². The van der Waals surface area contributed by atoms with Crippen molar-refractivity contribution < 1.29 is 0 Å². The third kappa shape index (κ3) is 5.87. The molecule has 0 unspecified atom stereocenters. The van der Waals surface area contributed by atoms with Crippen molar-refractivity contribution in [2.75, 3.05) is 27.2 Å². The summed E-state index contributed by atoms with van der Waals surface area (Å²) >= 11 is 0.